The van der Waals surface area contributed by atoms with Gasteiger partial charge >= 0.3 is 24.8 Å². The number of rotatable bonds is 24. The van der Waals surface area contributed by atoms with Crippen LogP contribution in [0.15, 0.2) is 12.7 Å². The topological polar surface area (TPSA) is 80.3 Å². The summed E-state index contributed by atoms with van der Waals surface area (Å²) in [6.45, 7) is 15.0. The number of allylic oxidation sites excluding steroid dienone is 1. The molecule has 0 spiro atoms. The highest BCUT2D eigenvalue weighted by molar-refractivity contribution is 7.65. The average molecular weight is 492 g/mol. The lowest BCUT2D eigenvalue weighted by Gasteiger charge is -2.40. The molecular formula is C25H48O7P+. The molecule has 8 heteroatoms. The zero-order valence-electron chi connectivity index (χ0n) is 21.7. The predicted molar refractivity (Wildman–Crippen MR) is 133 cm³/mol. The maximum absolute atomic E-state index is 13.8. The molecule has 0 aromatic rings. The smallest absolute Gasteiger partial charge is 0.319 e. The molecule has 7 nitrogen and oxygen atoms in total. The molecule has 0 saturated carbocycles. The van der Waals surface area contributed by atoms with Gasteiger partial charge in [0.25, 0.3) is 0 Å². The van der Waals surface area contributed by atoms with Gasteiger partial charge in [-0.05, 0) is 32.1 Å². The Bertz CT molecular complexity index is 502. The molecule has 0 aromatic heterocycles. The van der Waals surface area contributed by atoms with E-state index in [0.717, 1.165) is 57.4 Å². The highest BCUT2D eigenvalue weighted by Crippen LogP contribution is 2.52. The molecule has 0 aromatic carbocycles. The van der Waals surface area contributed by atoms with Crippen molar-refractivity contribution in [3.05, 3.63) is 12.7 Å². The second-order valence-corrected chi connectivity index (χ2v) is 9.60. The van der Waals surface area contributed by atoms with Crippen molar-refractivity contribution in [3.63, 3.8) is 0 Å². The van der Waals surface area contributed by atoms with Gasteiger partial charge in [0.1, 0.15) is 0 Å². The Morgan fingerprint density at radius 1 is 0.667 bits per heavy atom. The second kappa shape index (κ2) is 19.6. The molecule has 0 fully saturated rings. The maximum Gasteiger partial charge on any atom is 0.495 e. The van der Waals surface area contributed by atoms with Crippen molar-refractivity contribution in [2.45, 2.75) is 110 Å². The first-order valence-electron chi connectivity index (χ1n) is 12.8. The van der Waals surface area contributed by atoms with Crippen molar-refractivity contribution in [2.75, 3.05) is 33.0 Å². The zero-order chi connectivity index (χ0) is 25.0. The minimum Gasteiger partial charge on any atom is -0.319 e. The van der Waals surface area contributed by atoms with Crippen molar-refractivity contribution in [3.8, 4) is 0 Å². The molecule has 0 amide bonds. The first kappa shape index (κ1) is 32.3. The van der Waals surface area contributed by atoms with Crippen LogP contribution in [-0.4, -0.2) is 50.1 Å². The van der Waals surface area contributed by atoms with Gasteiger partial charge in [0.05, 0.1) is 33.0 Å². The van der Waals surface area contributed by atoms with Crippen LogP contribution < -0.4 is 0 Å². The highest BCUT2D eigenvalue weighted by atomic mass is 31.1. The van der Waals surface area contributed by atoms with Crippen LogP contribution in [0.25, 0.3) is 0 Å². The fourth-order valence-corrected chi connectivity index (χ4v) is 4.16. The molecule has 0 rings (SSSR count). The molecule has 33 heavy (non-hydrogen) atoms. The van der Waals surface area contributed by atoms with E-state index in [0.29, 0.717) is 12.8 Å². The van der Waals surface area contributed by atoms with Gasteiger partial charge in [-0.1, -0.05) is 77.9 Å². The Morgan fingerprint density at radius 3 is 1.24 bits per heavy atom. The molecule has 0 aliphatic carbocycles. The van der Waals surface area contributed by atoms with Crippen LogP contribution >= 0.6 is 7.80 Å². The van der Waals surface area contributed by atoms with E-state index >= 15 is 0 Å². The third-order valence-corrected chi connectivity index (χ3v) is 6.64. The van der Waals surface area contributed by atoms with Crippen LogP contribution in [0.2, 0.25) is 0 Å². The Hall–Kier alpha value is -0.690. The predicted octanol–water partition coefficient (Wildman–Crippen LogP) is 6.92. The molecule has 1 atom stereocenters. The standard InChI is InChI=1S/C25H48O7P/c1-7-13-18-28-24(29-19-14-8-2,30-20-15-9-3)25(31-21-16-10-4,32-22-17-11-5)33(27)23(26)12-6/h12H,6-11,13-22H2,1-5H3/q+1. The summed E-state index contributed by atoms with van der Waals surface area (Å²) in [5.74, 6) is -1.93. The Labute approximate surface area is 202 Å². The molecule has 0 aliphatic heterocycles. The van der Waals surface area contributed by atoms with Crippen LogP contribution in [-0.2, 0) is 33.0 Å². The average Bonchev–Trinajstić information content (AvgIpc) is 2.82. The largest absolute Gasteiger partial charge is 0.495 e. The number of unbranched alkanes of at least 4 members (excludes halogenated alkanes) is 5. The van der Waals surface area contributed by atoms with Gasteiger partial charge in [-0.3, -0.25) is 0 Å². The van der Waals surface area contributed by atoms with E-state index in [1.165, 1.54) is 0 Å². The summed E-state index contributed by atoms with van der Waals surface area (Å²) in [4.78, 5) is 12.7. The first-order valence-corrected chi connectivity index (χ1v) is 14.0. The van der Waals surface area contributed by atoms with Crippen molar-refractivity contribution < 1.29 is 33.0 Å². The molecule has 0 N–H and O–H groups in total. The number of hydrogen-bond donors (Lipinski definition) is 0. The fourth-order valence-electron chi connectivity index (χ4n) is 2.85. The molecular weight excluding hydrogens is 443 g/mol. The minimum atomic E-state index is -2.80. The van der Waals surface area contributed by atoms with Crippen LogP contribution in [0.3, 0.4) is 0 Å². The molecule has 1 unspecified atom stereocenters. The third kappa shape index (κ3) is 10.6. The minimum absolute atomic E-state index is 0.223. The van der Waals surface area contributed by atoms with Gasteiger partial charge in [0.2, 0.25) is 0 Å². The van der Waals surface area contributed by atoms with Gasteiger partial charge in [-0.15, -0.1) is 0 Å². The summed E-state index contributed by atoms with van der Waals surface area (Å²) >= 11 is 0. The van der Waals surface area contributed by atoms with E-state index in [1.807, 2.05) is 34.6 Å². The summed E-state index contributed by atoms with van der Waals surface area (Å²) in [6.07, 6.45) is 9.01. The van der Waals surface area contributed by atoms with Crippen LogP contribution in [0.5, 0.6) is 0 Å². The maximum atomic E-state index is 13.8. The summed E-state index contributed by atoms with van der Waals surface area (Å²) in [6, 6.07) is 0. The van der Waals surface area contributed by atoms with E-state index in [-0.39, 0.29) is 33.0 Å². The third-order valence-electron chi connectivity index (χ3n) is 4.99. The second-order valence-electron chi connectivity index (χ2n) is 7.98. The van der Waals surface area contributed by atoms with Gasteiger partial charge in [-0.2, -0.15) is 0 Å². The van der Waals surface area contributed by atoms with Crippen molar-refractivity contribution in [1.82, 2.24) is 0 Å². The molecule has 0 radical (unpaired) electrons. The van der Waals surface area contributed by atoms with Crippen LogP contribution in [0.4, 0.5) is 0 Å². The Morgan fingerprint density at radius 2 is 0.970 bits per heavy atom. The number of hydrogen-bond acceptors (Lipinski definition) is 7. The lowest BCUT2D eigenvalue weighted by atomic mass is 10.3. The van der Waals surface area contributed by atoms with Crippen molar-refractivity contribution in [2.24, 2.45) is 0 Å². The monoisotopic (exact) mass is 491 g/mol. The molecule has 0 aliphatic rings. The van der Waals surface area contributed by atoms with Crippen molar-refractivity contribution in [1.29, 1.82) is 0 Å². The fraction of sp³-hybridized carbons (Fsp3) is 0.880. The molecule has 0 saturated heterocycles. The molecule has 194 valence electrons. The van der Waals surface area contributed by atoms with Gasteiger partial charge in [0, 0.05) is 6.08 Å². The first-order chi connectivity index (χ1) is 15.9. The van der Waals surface area contributed by atoms with Gasteiger partial charge in [0.15, 0.2) is 0 Å². The Kier molecular flexibility index (Phi) is 19.2. The van der Waals surface area contributed by atoms with E-state index in [1.54, 1.807) is 0 Å². The van der Waals surface area contributed by atoms with E-state index in [9.17, 15) is 9.36 Å². The summed E-state index contributed by atoms with van der Waals surface area (Å²) < 4.78 is 44.9. The van der Waals surface area contributed by atoms with E-state index < -0.39 is 24.8 Å². The summed E-state index contributed by atoms with van der Waals surface area (Å²) in [7, 11) is -2.80. The summed E-state index contributed by atoms with van der Waals surface area (Å²) in [5.41, 5.74) is -2.72. The number of ether oxygens (including phenoxy) is 5. The highest BCUT2D eigenvalue weighted by Gasteiger charge is 2.75. The van der Waals surface area contributed by atoms with Gasteiger partial charge < -0.3 is 23.7 Å². The lowest BCUT2D eigenvalue weighted by molar-refractivity contribution is -0.472. The van der Waals surface area contributed by atoms with Crippen LogP contribution in [0, 0.1) is 0 Å². The van der Waals surface area contributed by atoms with Crippen LogP contribution in [0.1, 0.15) is 98.8 Å². The Balaban J connectivity index is 6.65. The number of carbonyl (C=O) groups is 1. The SMILES string of the molecule is C=CC(=O)[P+](=O)C(OCCCC)(OCCCC)C(OCCCC)(OCCCC)OCCCC. The quantitative estimate of drug-likeness (QED) is 0.0627. The van der Waals surface area contributed by atoms with E-state index in [2.05, 4.69) is 6.58 Å². The lowest BCUT2D eigenvalue weighted by Crippen LogP contribution is -2.61. The normalized spacial score (nSPS) is 12.7. The van der Waals surface area contributed by atoms with E-state index in [4.69, 9.17) is 23.7 Å². The molecule has 0 heterocycles. The van der Waals surface area contributed by atoms with Crippen molar-refractivity contribution >= 4 is 13.3 Å². The zero-order valence-corrected chi connectivity index (χ0v) is 22.6. The number of carbonyl (C=O) groups excluding carboxylic acids is 1. The van der Waals surface area contributed by atoms with Gasteiger partial charge in [-0.25, -0.2) is 4.79 Å². The molecule has 0 bridgehead atoms. The summed E-state index contributed by atoms with van der Waals surface area (Å²) in [5, 5.41) is 0.